The fraction of sp³-hybridized carbons (Fsp3) is 0.714. The van der Waals surface area contributed by atoms with E-state index < -0.39 is 0 Å². The number of piperidine rings is 1. The molecule has 0 amide bonds. The first-order valence-corrected chi connectivity index (χ1v) is 6.90. The minimum atomic E-state index is -0.247. The van der Waals surface area contributed by atoms with Crippen LogP contribution >= 0.6 is 0 Å². The average molecular weight is 264 g/mol. The number of β-amino-alcohol motifs (C(OH)–C–C–N with tert-alkyl or cyclic N) is 1. The maximum atomic E-state index is 9.77. The second-order valence-corrected chi connectivity index (χ2v) is 6.28. The van der Waals surface area contributed by atoms with Crippen LogP contribution in [0.15, 0.2) is 6.07 Å². The lowest BCUT2D eigenvalue weighted by Gasteiger charge is -2.31. The van der Waals surface area contributed by atoms with E-state index in [1.54, 1.807) is 0 Å². The molecule has 2 heterocycles. The molecule has 0 aliphatic carbocycles. The summed E-state index contributed by atoms with van der Waals surface area (Å²) in [5, 5.41) is 13.1. The standard InChI is InChI=1S/C14H24N4O/c1-10-15-12(17-14(2,3)4)8-13(16-10)18-7-5-6-11(19)9-18/h8,11,19H,5-7,9H2,1-4H3,(H,15,16,17). The third-order valence-corrected chi connectivity index (χ3v) is 3.05. The number of hydrogen-bond acceptors (Lipinski definition) is 5. The van der Waals surface area contributed by atoms with Crippen molar-refractivity contribution in [2.45, 2.75) is 52.2 Å². The van der Waals surface area contributed by atoms with Crippen molar-refractivity contribution in [3.63, 3.8) is 0 Å². The van der Waals surface area contributed by atoms with Crippen molar-refractivity contribution in [2.75, 3.05) is 23.3 Å². The molecule has 0 radical (unpaired) electrons. The summed E-state index contributed by atoms with van der Waals surface area (Å²) in [6.45, 7) is 9.82. The molecule has 106 valence electrons. The number of aliphatic hydroxyl groups excluding tert-OH is 1. The molecule has 19 heavy (non-hydrogen) atoms. The van der Waals surface area contributed by atoms with Gasteiger partial charge in [-0.05, 0) is 40.5 Å². The minimum Gasteiger partial charge on any atom is -0.391 e. The zero-order valence-electron chi connectivity index (χ0n) is 12.3. The molecule has 1 aromatic rings. The van der Waals surface area contributed by atoms with E-state index >= 15 is 0 Å². The minimum absolute atomic E-state index is 0.0283. The number of nitrogens with zero attached hydrogens (tertiary/aromatic N) is 3. The third kappa shape index (κ3) is 4.06. The molecule has 1 aliphatic rings. The first kappa shape index (κ1) is 14.1. The average Bonchev–Trinajstić information content (AvgIpc) is 2.25. The Balaban J connectivity index is 2.21. The Kier molecular flexibility index (Phi) is 3.94. The molecule has 5 heteroatoms. The Morgan fingerprint density at radius 1 is 1.37 bits per heavy atom. The molecular formula is C14H24N4O. The second kappa shape index (κ2) is 5.33. The molecule has 2 N–H and O–H groups in total. The number of rotatable bonds is 2. The van der Waals surface area contributed by atoms with Crippen molar-refractivity contribution in [1.82, 2.24) is 9.97 Å². The van der Waals surface area contributed by atoms with Gasteiger partial charge in [-0.25, -0.2) is 9.97 Å². The van der Waals surface area contributed by atoms with E-state index in [1.807, 2.05) is 13.0 Å². The van der Waals surface area contributed by atoms with Crippen LogP contribution in [0, 0.1) is 6.92 Å². The van der Waals surface area contributed by atoms with E-state index in [0.717, 1.165) is 36.8 Å². The summed E-state index contributed by atoms with van der Waals surface area (Å²) < 4.78 is 0. The first-order chi connectivity index (χ1) is 8.83. The predicted octanol–water partition coefficient (Wildman–Crippen LogP) is 1.96. The zero-order valence-corrected chi connectivity index (χ0v) is 12.3. The van der Waals surface area contributed by atoms with Crippen LogP contribution in [-0.4, -0.2) is 39.8 Å². The summed E-state index contributed by atoms with van der Waals surface area (Å²) in [5.74, 6) is 2.50. The van der Waals surface area contributed by atoms with Crippen molar-refractivity contribution in [3.8, 4) is 0 Å². The van der Waals surface area contributed by atoms with Gasteiger partial charge in [0.15, 0.2) is 0 Å². The lowest BCUT2D eigenvalue weighted by molar-refractivity contribution is 0.154. The van der Waals surface area contributed by atoms with Crippen LogP contribution in [0.1, 0.15) is 39.4 Å². The van der Waals surface area contributed by atoms with Gasteiger partial charge in [-0.3, -0.25) is 0 Å². The van der Waals surface area contributed by atoms with Crippen molar-refractivity contribution >= 4 is 11.6 Å². The number of aryl methyl sites for hydroxylation is 1. The van der Waals surface area contributed by atoms with Gasteiger partial charge in [0.05, 0.1) is 6.10 Å². The van der Waals surface area contributed by atoms with E-state index in [2.05, 4.69) is 41.0 Å². The monoisotopic (exact) mass is 264 g/mol. The van der Waals surface area contributed by atoms with E-state index in [1.165, 1.54) is 0 Å². The van der Waals surface area contributed by atoms with Crippen LogP contribution < -0.4 is 10.2 Å². The van der Waals surface area contributed by atoms with Crippen molar-refractivity contribution in [2.24, 2.45) is 0 Å². The summed E-state index contributed by atoms with van der Waals surface area (Å²) in [6, 6.07) is 1.97. The normalized spacial score (nSPS) is 20.5. The lowest BCUT2D eigenvalue weighted by atomic mass is 10.1. The molecule has 1 aliphatic heterocycles. The SMILES string of the molecule is Cc1nc(NC(C)(C)C)cc(N2CCCC(O)C2)n1. The van der Waals surface area contributed by atoms with Crippen LogP contribution in [0.2, 0.25) is 0 Å². The molecule has 2 rings (SSSR count). The summed E-state index contributed by atoms with van der Waals surface area (Å²) >= 11 is 0. The van der Waals surface area contributed by atoms with Crippen LogP contribution in [-0.2, 0) is 0 Å². The van der Waals surface area contributed by atoms with Gasteiger partial charge in [0, 0.05) is 24.7 Å². The quantitative estimate of drug-likeness (QED) is 0.855. The van der Waals surface area contributed by atoms with Gasteiger partial charge in [0.2, 0.25) is 0 Å². The Hall–Kier alpha value is -1.36. The number of hydrogen-bond donors (Lipinski definition) is 2. The highest BCUT2D eigenvalue weighted by atomic mass is 16.3. The number of aliphatic hydroxyl groups is 1. The predicted molar refractivity (Wildman–Crippen MR) is 77.6 cm³/mol. The molecule has 0 saturated carbocycles. The molecule has 0 bridgehead atoms. The third-order valence-electron chi connectivity index (χ3n) is 3.05. The van der Waals surface area contributed by atoms with Crippen LogP contribution in [0.4, 0.5) is 11.6 Å². The highest BCUT2D eigenvalue weighted by molar-refractivity contribution is 5.50. The molecule has 1 fully saturated rings. The molecule has 1 aromatic heterocycles. The smallest absolute Gasteiger partial charge is 0.134 e. The molecule has 1 saturated heterocycles. The Morgan fingerprint density at radius 2 is 2.11 bits per heavy atom. The summed E-state index contributed by atoms with van der Waals surface area (Å²) in [6.07, 6.45) is 1.64. The highest BCUT2D eigenvalue weighted by Crippen LogP contribution is 2.22. The van der Waals surface area contributed by atoms with Crippen LogP contribution in [0.25, 0.3) is 0 Å². The van der Waals surface area contributed by atoms with Gasteiger partial charge < -0.3 is 15.3 Å². The zero-order chi connectivity index (χ0) is 14.0. The molecule has 0 spiro atoms. The maximum absolute atomic E-state index is 9.77. The molecular weight excluding hydrogens is 240 g/mol. The van der Waals surface area contributed by atoms with Crippen LogP contribution in [0.3, 0.4) is 0 Å². The molecule has 1 unspecified atom stereocenters. The lowest BCUT2D eigenvalue weighted by Crippen LogP contribution is -2.39. The van der Waals surface area contributed by atoms with E-state index in [9.17, 15) is 5.11 Å². The summed E-state index contributed by atoms with van der Waals surface area (Å²) in [7, 11) is 0. The highest BCUT2D eigenvalue weighted by Gasteiger charge is 2.20. The van der Waals surface area contributed by atoms with Gasteiger partial charge in [-0.15, -0.1) is 0 Å². The van der Waals surface area contributed by atoms with Crippen molar-refractivity contribution in [3.05, 3.63) is 11.9 Å². The van der Waals surface area contributed by atoms with Gasteiger partial charge in [-0.2, -0.15) is 0 Å². The topological polar surface area (TPSA) is 61.3 Å². The van der Waals surface area contributed by atoms with E-state index in [0.29, 0.717) is 6.54 Å². The number of nitrogens with one attached hydrogen (secondary N) is 1. The van der Waals surface area contributed by atoms with Gasteiger partial charge in [0.1, 0.15) is 17.5 Å². The van der Waals surface area contributed by atoms with E-state index in [4.69, 9.17) is 0 Å². The molecule has 5 nitrogen and oxygen atoms in total. The summed E-state index contributed by atoms with van der Waals surface area (Å²) in [4.78, 5) is 11.0. The largest absolute Gasteiger partial charge is 0.391 e. The summed E-state index contributed by atoms with van der Waals surface area (Å²) in [5.41, 5.74) is -0.0283. The number of aromatic nitrogens is 2. The van der Waals surface area contributed by atoms with E-state index in [-0.39, 0.29) is 11.6 Å². The van der Waals surface area contributed by atoms with Crippen LogP contribution in [0.5, 0.6) is 0 Å². The first-order valence-electron chi connectivity index (χ1n) is 6.90. The van der Waals surface area contributed by atoms with Gasteiger partial charge in [-0.1, -0.05) is 0 Å². The Bertz CT molecular complexity index is 442. The van der Waals surface area contributed by atoms with Crippen molar-refractivity contribution < 1.29 is 5.11 Å². The fourth-order valence-corrected chi connectivity index (χ4v) is 2.32. The second-order valence-electron chi connectivity index (χ2n) is 6.28. The Morgan fingerprint density at radius 3 is 2.74 bits per heavy atom. The Labute approximate surface area is 115 Å². The van der Waals surface area contributed by atoms with Gasteiger partial charge >= 0.3 is 0 Å². The molecule has 1 atom stereocenters. The molecule has 0 aromatic carbocycles. The van der Waals surface area contributed by atoms with Gasteiger partial charge in [0.25, 0.3) is 0 Å². The van der Waals surface area contributed by atoms with Crippen molar-refractivity contribution in [1.29, 1.82) is 0 Å². The maximum Gasteiger partial charge on any atom is 0.134 e. The fourth-order valence-electron chi connectivity index (χ4n) is 2.32. The number of anilines is 2.